The minimum absolute atomic E-state index is 0.0552. The number of alkyl carbamates (subject to hydrolysis) is 1. The maximum Gasteiger partial charge on any atom is 0.407 e. The number of hydrogen-bond donors (Lipinski definition) is 3. The molecule has 0 aliphatic heterocycles. The highest BCUT2D eigenvalue weighted by Crippen LogP contribution is 2.16. The van der Waals surface area contributed by atoms with Crippen molar-refractivity contribution < 1.29 is 23.9 Å². The molecule has 2 aromatic rings. The first-order valence-corrected chi connectivity index (χ1v) is 9.80. The van der Waals surface area contributed by atoms with Gasteiger partial charge < -0.3 is 25.4 Å². The first kappa shape index (κ1) is 22.7. The smallest absolute Gasteiger partial charge is 0.407 e. The Labute approximate surface area is 175 Å². The van der Waals surface area contributed by atoms with Crippen molar-refractivity contribution >= 4 is 23.6 Å². The number of amides is 3. The molecule has 0 fully saturated rings. The Morgan fingerprint density at radius 3 is 2.33 bits per heavy atom. The van der Waals surface area contributed by atoms with Gasteiger partial charge in [0.2, 0.25) is 5.91 Å². The van der Waals surface area contributed by atoms with Crippen molar-refractivity contribution in [3.05, 3.63) is 60.2 Å². The summed E-state index contributed by atoms with van der Waals surface area (Å²) in [6, 6.07) is 16.2. The molecule has 3 amide bonds. The molecule has 0 unspecified atom stereocenters. The van der Waals surface area contributed by atoms with Crippen LogP contribution in [-0.2, 0) is 20.9 Å². The normalized spacial score (nSPS) is 10.0. The highest BCUT2D eigenvalue weighted by Gasteiger charge is 2.06. The molecule has 30 heavy (non-hydrogen) atoms. The van der Waals surface area contributed by atoms with Gasteiger partial charge in [0.15, 0.2) is 6.61 Å². The zero-order valence-electron chi connectivity index (χ0n) is 17.0. The van der Waals surface area contributed by atoms with E-state index in [0.717, 1.165) is 5.56 Å². The minimum Gasteiger partial charge on any atom is -0.484 e. The van der Waals surface area contributed by atoms with Crippen LogP contribution in [0.15, 0.2) is 54.6 Å². The predicted octanol–water partition coefficient (Wildman–Crippen LogP) is 2.85. The van der Waals surface area contributed by atoms with Gasteiger partial charge in [-0.1, -0.05) is 30.3 Å². The molecular weight excluding hydrogens is 386 g/mol. The summed E-state index contributed by atoms with van der Waals surface area (Å²) < 4.78 is 10.5. The van der Waals surface area contributed by atoms with Gasteiger partial charge >= 0.3 is 6.09 Å². The van der Waals surface area contributed by atoms with Crippen molar-refractivity contribution in [2.24, 2.45) is 0 Å². The SMILES string of the molecule is CCNC(=O)COc1ccc(NC(=O)CCCNC(=O)OCc2ccccc2)cc1. The zero-order chi connectivity index (χ0) is 21.6. The fraction of sp³-hybridized carbons (Fsp3) is 0.318. The topological polar surface area (TPSA) is 106 Å². The summed E-state index contributed by atoms with van der Waals surface area (Å²) in [4.78, 5) is 35.0. The Balaban J connectivity index is 1.59. The standard InChI is InChI=1S/C22H27N3O5/c1-2-23-21(27)16-29-19-12-10-18(11-13-19)25-20(26)9-6-14-24-22(28)30-15-17-7-4-3-5-8-17/h3-5,7-8,10-13H,2,6,9,14-16H2,1H3,(H,23,27)(H,24,28)(H,25,26). The largest absolute Gasteiger partial charge is 0.484 e. The van der Waals surface area contributed by atoms with Gasteiger partial charge in [0.1, 0.15) is 12.4 Å². The monoisotopic (exact) mass is 413 g/mol. The number of anilines is 1. The van der Waals surface area contributed by atoms with Crippen LogP contribution >= 0.6 is 0 Å². The van der Waals surface area contributed by atoms with Gasteiger partial charge in [-0.15, -0.1) is 0 Å². The van der Waals surface area contributed by atoms with E-state index >= 15 is 0 Å². The van der Waals surface area contributed by atoms with Crippen LogP contribution in [0.3, 0.4) is 0 Å². The third-order valence-corrected chi connectivity index (χ3v) is 3.94. The van der Waals surface area contributed by atoms with Crippen LogP contribution in [0, 0.1) is 0 Å². The number of ether oxygens (including phenoxy) is 2. The molecule has 0 saturated carbocycles. The summed E-state index contributed by atoms with van der Waals surface area (Å²) in [6.45, 7) is 2.88. The van der Waals surface area contributed by atoms with Crippen molar-refractivity contribution in [3.63, 3.8) is 0 Å². The summed E-state index contributed by atoms with van der Waals surface area (Å²) in [6.07, 6.45) is 0.233. The number of carbonyl (C=O) groups is 3. The number of nitrogens with one attached hydrogen (secondary N) is 3. The molecule has 0 spiro atoms. The molecule has 0 radical (unpaired) electrons. The third-order valence-electron chi connectivity index (χ3n) is 3.94. The second kappa shape index (κ2) is 12.8. The molecule has 2 rings (SSSR count). The van der Waals surface area contributed by atoms with E-state index in [2.05, 4.69) is 16.0 Å². The third kappa shape index (κ3) is 9.09. The van der Waals surface area contributed by atoms with Crippen LogP contribution < -0.4 is 20.7 Å². The van der Waals surface area contributed by atoms with Gasteiger partial charge in [0.25, 0.3) is 5.91 Å². The highest BCUT2D eigenvalue weighted by atomic mass is 16.5. The number of hydrogen-bond acceptors (Lipinski definition) is 5. The molecule has 3 N–H and O–H groups in total. The van der Waals surface area contributed by atoms with Crippen LogP contribution in [0.25, 0.3) is 0 Å². The van der Waals surface area contributed by atoms with Gasteiger partial charge in [-0.25, -0.2) is 4.79 Å². The summed E-state index contributed by atoms with van der Waals surface area (Å²) in [5, 5.41) is 8.04. The molecule has 8 heteroatoms. The predicted molar refractivity (Wildman–Crippen MR) is 113 cm³/mol. The van der Waals surface area contributed by atoms with E-state index in [1.54, 1.807) is 24.3 Å². The fourth-order valence-electron chi connectivity index (χ4n) is 2.47. The Morgan fingerprint density at radius 1 is 0.900 bits per heavy atom. The van der Waals surface area contributed by atoms with E-state index in [9.17, 15) is 14.4 Å². The molecule has 0 bridgehead atoms. The zero-order valence-corrected chi connectivity index (χ0v) is 17.0. The maximum absolute atomic E-state index is 12.0. The van der Waals surface area contributed by atoms with Crippen LogP contribution in [0.5, 0.6) is 5.75 Å². The van der Waals surface area contributed by atoms with Gasteiger partial charge in [-0.3, -0.25) is 9.59 Å². The number of rotatable bonds is 11. The van der Waals surface area contributed by atoms with E-state index in [-0.39, 0.29) is 31.4 Å². The van der Waals surface area contributed by atoms with Crippen LogP contribution in [0.4, 0.5) is 10.5 Å². The first-order valence-electron chi connectivity index (χ1n) is 9.80. The lowest BCUT2D eigenvalue weighted by atomic mass is 10.2. The molecular formula is C22H27N3O5. The molecule has 0 saturated heterocycles. The van der Waals surface area contributed by atoms with Crippen molar-refractivity contribution in [2.45, 2.75) is 26.4 Å². The average molecular weight is 413 g/mol. The molecule has 2 aromatic carbocycles. The van der Waals surface area contributed by atoms with Gasteiger partial charge in [0, 0.05) is 25.2 Å². The Morgan fingerprint density at radius 2 is 1.63 bits per heavy atom. The molecule has 0 aromatic heterocycles. The molecule has 0 aliphatic carbocycles. The van der Waals surface area contributed by atoms with Crippen LogP contribution in [-0.4, -0.2) is 37.6 Å². The summed E-state index contributed by atoms with van der Waals surface area (Å²) in [5.41, 5.74) is 1.54. The Hall–Kier alpha value is -3.55. The first-order chi connectivity index (χ1) is 14.6. The lowest BCUT2D eigenvalue weighted by Gasteiger charge is -2.09. The van der Waals surface area contributed by atoms with E-state index in [1.165, 1.54) is 0 Å². The molecule has 0 aliphatic rings. The van der Waals surface area contributed by atoms with Crippen molar-refractivity contribution in [1.82, 2.24) is 10.6 Å². The van der Waals surface area contributed by atoms with Crippen molar-refractivity contribution in [3.8, 4) is 5.75 Å². The second-order valence-corrected chi connectivity index (χ2v) is 6.41. The lowest BCUT2D eigenvalue weighted by molar-refractivity contribution is -0.123. The molecule has 160 valence electrons. The van der Waals surface area contributed by atoms with Crippen LogP contribution in [0.2, 0.25) is 0 Å². The highest BCUT2D eigenvalue weighted by molar-refractivity contribution is 5.90. The number of carbonyl (C=O) groups excluding carboxylic acids is 3. The van der Waals surface area contributed by atoms with E-state index in [0.29, 0.717) is 30.9 Å². The fourth-order valence-corrected chi connectivity index (χ4v) is 2.47. The lowest BCUT2D eigenvalue weighted by Crippen LogP contribution is -2.28. The van der Waals surface area contributed by atoms with Gasteiger partial charge in [-0.2, -0.15) is 0 Å². The number of likely N-dealkylation sites (N-methyl/N-ethyl adjacent to an activating group) is 1. The van der Waals surface area contributed by atoms with E-state index in [4.69, 9.17) is 9.47 Å². The molecule has 0 heterocycles. The summed E-state index contributed by atoms with van der Waals surface area (Å²) in [7, 11) is 0. The van der Waals surface area contributed by atoms with E-state index < -0.39 is 6.09 Å². The van der Waals surface area contributed by atoms with Gasteiger partial charge in [-0.05, 0) is 43.2 Å². The number of benzene rings is 2. The molecule has 0 atom stereocenters. The minimum atomic E-state index is -0.512. The maximum atomic E-state index is 12.0. The second-order valence-electron chi connectivity index (χ2n) is 6.41. The Kier molecular flexibility index (Phi) is 9.72. The average Bonchev–Trinajstić information content (AvgIpc) is 2.76. The van der Waals surface area contributed by atoms with Crippen LogP contribution in [0.1, 0.15) is 25.3 Å². The van der Waals surface area contributed by atoms with Crippen molar-refractivity contribution in [2.75, 3.05) is 25.0 Å². The molecule has 8 nitrogen and oxygen atoms in total. The Bertz CT molecular complexity index is 809. The van der Waals surface area contributed by atoms with Gasteiger partial charge in [0.05, 0.1) is 0 Å². The summed E-state index contributed by atoms with van der Waals surface area (Å²) >= 11 is 0. The quantitative estimate of drug-likeness (QED) is 0.491. The van der Waals surface area contributed by atoms with Crippen molar-refractivity contribution in [1.29, 1.82) is 0 Å². The summed E-state index contributed by atoms with van der Waals surface area (Å²) in [5.74, 6) is 0.190. The van der Waals surface area contributed by atoms with E-state index in [1.807, 2.05) is 37.3 Å².